The highest BCUT2D eigenvalue weighted by atomic mass is 16.7. The molecule has 6 aromatic rings. The topological polar surface area (TPSA) is 44.7 Å². The standard InChI is InChI=1S/C30H25BO4/c1-29(2)30(3,4)35-31(34-29)18-15-16-24-22(17-18)28-20(11-8-14-26(28)33-24)19-10-7-13-25-27(19)21-9-5-6-12-23(21)32-25/h5-17H,1-4H3. The highest BCUT2D eigenvalue weighted by Gasteiger charge is 2.51. The Morgan fingerprint density at radius 2 is 1.09 bits per heavy atom. The molecule has 0 aliphatic carbocycles. The van der Waals surface area contributed by atoms with Crippen LogP contribution in [0.5, 0.6) is 0 Å². The largest absolute Gasteiger partial charge is 0.494 e. The number of para-hydroxylation sites is 1. The molecule has 172 valence electrons. The van der Waals surface area contributed by atoms with Gasteiger partial charge in [-0.2, -0.15) is 0 Å². The lowest BCUT2D eigenvalue weighted by molar-refractivity contribution is 0.00578. The van der Waals surface area contributed by atoms with Crippen LogP contribution >= 0.6 is 0 Å². The Balaban J connectivity index is 1.48. The van der Waals surface area contributed by atoms with Gasteiger partial charge >= 0.3 is 7.12 Å². The quantitative estimate of drug-likeness (QED) is 0.252. The molecular formula is C30H25BO4. The summed E-state index contributed by atoms with van der Waals surface area (Å²) >= 11 is 0. The Labute approximate surface area is 203 Å². The Kier molecular flexibility index (Phi) is 4.16. The fourth-order valence-corrected chi connectivity index (χ4v) is 5.19. The van der Waals surface area contributed by atoms with Crippen molar-refractivity contribution in [3.05, 3.63) is 78.9 Å². The normalized spacial score (nSPS) is 17.3. The maximum atomic E-state index is 6.33. The van der Waals surface area contributed by atoms with E-state index in [2.05, 4.69) is 70.2 Å². The van der Waals surface area contributed by atoms with Gasteiger partial charge in [-0.15, -0.1) is 0 Å². The minimum absolute atomic E-state index is 0.395. The van der Waals surface area contributed by atoms with Gasteiger partial charge in [0.25, 0.3) is 0 Å². The molecule has 1 aliphatic rings. The third-order valence-electron chi connectivity index (χ3n) is 7.74. The van der Waals surface area contributed by atoms with Crippen molar-refractivity contribution in [1.29, 1.82) is 0 Å². The van der Waals surface area contributed by atoms with Crippen LogP contribution in [0.4, 0.5) is 0 Å². The molecule has 0 N–H and O–H groups in total. The van der Waals surface area contributed by atoms with Gasteiger partial charge in [0, 0.05) is 21.5 Å². The smallest absolute Gasteiger partial charge is 0.456 e. The van der Waals surface area contributed by atoms with Crippen LogP contribution < -0.4 is 5.46 Å². The summed E-state index contributed by atoms with van der Waals surface area (Å²) in [6.45, 7) is 8.30. The molecule has 5 heteroatoms. The first-order chi connectivity index (χ1) is 16.8. The van der Waals surface area contributed by atoms with Gasteiger partial charge in [-0.05, 0) is 68.6 Å². The Bertz CT molecular complexity index is 1760. The molecule has 4 aromatic carbocycles. The molecule has 3 heterocycles. The molecule has 0 saturated carbocycles. The molecule has 1 aliphatic heterocycles. The van der Waals surface area contributed by atoms with Crippen molar-refractivity contribution < 1.29 is 18.1 Å². The van der Waals surface area contributed by atoms with Crippen molar-refractivity contribution in [2.75, 3.05) is 0 Å². The highest BCUT2D eigenvalue weighted by Crippen LogP contribution is 2.42. The van der Waals surface area contributed by atoms with E-state index in [0.717, 1.165) is 60.5 Å². The third-order valence-corrected chi connectivity index (χ3v) is 7.74. The molecule has 0 amide bonds. The number of furan rings is 2. The van der Waals surface area contributed by atoms with E-state index in [4.69, 9.17) is 18.1 Å². The average Bonchev–Trinajstić information content (AvgIpc) is 3.47. The van der Waals surface area contributed by atoms with E-state index >= 15 is 0 Å². The van der Waals surface area contributed by atoms with Crippen LogP contribution in [-0.4, -0.2) is 18.3 Å². The van der Waals surface area contributed by atoms with E-state index in [1.807, 2.05) is 36.4 Å². The molecular weight excluding hydrogens is 435 g/mol. The first-order valence-electron chi connectivity index (χ1n) is 12.0. The van der Waals surface area contributed by atoms with Crippen LogP contribution in [0.2, 0.25) is 0 Å². The van der Waals surface area contributed by atoms with Crippen LogP contribution in [0.3, 0.4) is 0 Å². The minimum atomic E-state index is -0.428. The molecule has 0 unspecified atom stereocenters. The summed E-state index contributed by atoms with van der Waals surface area (Å²) in [6.07, 6.45) is 0. The molecule has 0 bridgehead atoms. The zero-order valence-corrected chi connectivity index (χ0v) is 20.2. The molecule has 1 fully saturated rings. The first kappa shape index (κ1) is 20.8. The van der Waals surface area contributed by atoms with E-state index in [-0.39, 0.29) is 0 Å². The van der Waals surface area contributed by atoms with E-state index in [1.165, 1.54) is 0 Å². The summed E-state index contributed by atoms with van der Waals surface area (Å²) in [6, 6.07) is 26.9. The van der Waals surface area contributed by atoms with Crippen molar-refractivity contribution in [3.8, 4) is 11.1 Å². The first-order valence-corrected chi connectivity index (χ1v) is 12.0. The van der Waals surface area contributed by atoms with Crippen molar-refractivity contribution in [2.45, 2.75) is 38.9 Å². The van der Waals surface area contributed by atoms with E-state index < -0.39 is 18.3 Å². The number of fused-ring (bicyclic) bond motifs is 6. The van der Waals surface area contributed by atoms with Crippen LogP contribution in [0.15, 0.2) is 87.7 Å². The summed E-state index contributed by atoms with van der Waals surface area (Å²) in [7, 11) is -0.428. The van der Waals surface area contributed by atoms with Gasteiger partial charge in [-0.1, -0.05) is 54.6 Å². The van der Waals surface area contributed by atoms with E-state index in [9.17, 15) is 0 Å². The Hall–Kier alpha value is -3.54. The molecule has 7 rings (SSSR count). The lowest BCUT2D eigenvalue weighted by Gasteiger charge is -2.32. The molecule has 0 atom stereocenters. The number of rotatable bonds is 2. The van der Waals surface area contributed by atoms with Crippen molar-refractivity contribution in [1.82, 2.24) is 0 Å². The van der Waals surface area contributed by atoms with Gasteiger partial charge in [-0.3, -0.25) is 0 Å². The predicted molar refractivity (Wildman–Crippen MR) is 142 cm³/mol. The van der Waals surface area contributed by atoms with Gasteiger partial charge in [0.2, 0.25) is 0 Å². The van der Waals surface area contributed by atoms with Crippen molar-refractivity contribution in [2.24, 2.45) is 0 Å². The van der Waals surface area contributed by atoms with Crippen LogP contribution in [0.25, 0.3) is 55.0 Å². The van der Waals surface area contributed by atoms with Gasteiger partial charge in [0.15, 0.2) is 0 Å². The molecule has 0 radical (unpaired) electrons. The summed E-state index contributed by atoms with van der Waals surface area (Å²) < 4.78 is 25.1. The van der Waals surface area contributed by atoms with Crippen molar-refractivity contribution in [3.63, 3.8) is 0 Å². The predicted octanol–water partition coefficient (Wildman–Crippen LogP) is 7.45. The summed E-state index contributed by atoms with van der Waals surface area (Å²) in [5.41, 5.74) is 5.91. The number of benzene rings is 4. The van der Waals surface area contributed by atoms with Crippen LogP contribution in [0, 0.1) is 0 Å². The van der Waals surface area contributed by atoms with E-state index in [1.54, 1.807) is 0 Å². The van der Waals surface area contributed by atoms with Crippen molar-refractivity contribution >= 4 is 56.5 Å². The summed E-state index contributed by atoms with van der Waals surface area (Å²) in [5, 5.41) is 4.36. The average molecular weight is 460 g/mol. The summed E-state index contributed by atoms with van der Waals surface area (Å²) in [4.78, 5) is 0. The second kappa shape index (κ2) is 7.00. The second-order valence-electron chi connectivity index (χ2n) is 10.4. The molecule has 2 aromatic heterocycles. The molecule has 1 saturated heterocycles. The van der Waals surface area contributed by atoms with Crippen LogP contribution in [-0.2, 0) is 9.31 Å². The maximum absolute atomic E-state index is 6.33. The monoisotopic (exact) mass is 460 g/mol. The van der Waals surface area contributed by atoms with Gasteiger partial charge in [0.1, 0.15) is 22.3 Å². The van der Waals surface area contributed by atoms with Crippen LogP contribution in [0.1, 0.15) is 27.7 Å². The lowest BCUT2D eigenvalue weighted by Crippen LogP contribution is -2.41. The maximum Gasteiger partial charge on any atom is 0.494 e. The minimum Gasteiger partial charge on any atom is -0.456 e. The lowest BCUT2D eigenvalue weighted by atomic mass is 9.78. The SMILES string of the molecule is CC1(C)OB(c2ccc3oc4cccc(-c5cccc6oc7ccccc7c56)c4c3c2)OC1(C)C. The van der Waals surface area contributed by atoms with E-state index in [0.29, 0.717) is 0 Å². The molecule has 0 spiro atoms. The van der Waals surface area contributed by atoms with Gasteiger partial charge < -0.3 is 18.1 Å². The van der Waals surface area contributed by atoms with Gasteiger partial charge in [0.05, 0.1) is 11.2 Å². The highest BCUT2D eigenvalue weighted by molar-refractivity contribution is 6.62. The van der Waals surface area contributed by atoms with Gasteiger partial charge in [-0.25, -0.2) is 0 Å². The zero-order chi connectivity index (χ0) is 23.9. The Morgan fingerprint density at radius 1 is 0.543 bits per heavy atom. The third kappa shape index (κ3) is 2.95. The molecule has 4 nitrogen and oxygen atoms in total. The Morgan fingerprint density at radius 3 is 1.74 bits per heavy atom. The molecule has 35 heavy (non-hydrogen) atoms. The zero-order valence-electron chi connectivity index (χ0n) is 20.2. The fourth-order valence-electron chi connectivity index (χ4n) is 5.19. The number of hydrogen-bond donors (Lipinski definition) is 0. The summed E-state index contributed by atoms with van der Waals surface area (Å²) in [5.74, 6) is 0. The number of hydrogen-bond acceptors (Lipinski definition) is 4. The second-order valence-corrected chi connectivity index (χ2v) is 10.4. The fraction of sp³-hybridized carbons (Fsp3) is 0.200.